The summed E-state index contributed by atoms with van der Waals surface area (Å²) in [6.07, 6.45) is 1.21. The van der Waals surface area contributed by atoms with Gasteiger partial charge in [0.2, 0.25) is 9.84 Å². The third-order valence-corrected chi connectivity index (χ3v) is 8.01. The quantitative estimate of drug-likeness (QED) is 0.291. The van der Waals surface area contributed by atoms with Gasteiger partial charge in [-0.15, -0.1) is 0 Å². The lowest BCUT2D eigenvalue weighted by Gasteiger charge is -2.04. The second kappa shape index (κ2) is 12.7. The highest BCUT2D eigenvalue weighted by molar-refractivity contribution is 7.91. The van der Waals surface area contributed by atoms with Gasteiger partial charge >= 0.3 is 0 Å². The monoisotopic (exact) mass is 528 g/mol. The van der Waals surface area contributed by atoms with Gasteiger partial charge in [0.1, 0.15) is 0 Å². The van der Waals surface area contributed by atoms with Crippen molar-refractivity contribution in [2.45, 2.75) is 35.5 Å². The molecule has 0 atom stereocenters. The third-order valence-electron chi connectivity index (χ3n) is 4.84. The van der Waals surface area contributed by atoms with Crippen molar-refractivity contribution in [3.8, 4) is 0 Å². The average molecular weight is 529 g/mol. The number of benzene rings is 4. The molecule has 4 aromatic carbocycles. The molecule has 0 aromatic heterocycles. The Hall–Kier alpha value is -2.93. The summed E-state index contributed by atoms with van der Waals surface area (Å²) in [4.78, 5) is 1.05. The molecule has 4 nitrogen and oxygen atoms in total. The van der Waals surface area contributed by atoms with Crippen LogP contribution in [0.1, 0.15) is 16.7 Å². The van der Waals surface area contributed by atoms with E-state index in [9.17, 15) is 16.8 Å². The van der Waals surface area contributed by atoms with Crippen molar-refractivity contribution >= 4 is 31.3 Å². The molecule has 0 fully saturated rings. The van der Waals surface area contributed by atoms with Crippen LogP contribution >= 0.6 is 11.6 Å². The predicted octanol–water partition coefficient (Wildman–Crippen LogP) is 6.87. The molecule has 0 saturated heterocycles. The fourth-order valence-electron chi connectivity index (χ4n) is 2.77. The summed E-state index contributed by atoms with van der Waals surface area (Å²) >= 11 is 5.61. The van der Waals surface area contributed by atoms with Gasteiger partial charge in [0.05, 0.1) is 14.7 Å². The van der Waals surface area contributed by atoms with Crippen LogP contribution in [0.3, 0.4) is 0 Å². The van der Waals surface area contributed by atoms with Gasteiger partial charge in [0, 0.05) is 11.3 Å². The molecule has 4 rings (SSSR count). The minimum Gasteiger partial charge on any atom is -0.224 e. The van der Waals surface area contributed by atoms with E-state index in [2.05, 4.69) is 0 Å². The minimum atomic E-state index is -3.36. The molecule has 0 aliphatic heterocycles. The first-order valence-corrected chi connectivity index (χ1v) is 14.5. The van der Waals surface area contributed by atoms with Crippen LogP contribution in [-0.4, -0.2) is 23.1 Å². The van der Waals surface area contributed by atoms with Crippen molar-refractivity contribution in [2.75, 3.05) is 6.26 Å². The molecule has 0 aliphatic rings. The van der Waals surface area contributed by atoms with E-state index in [1.165, 1.54) is 11.8 Å². The second-order valence-electron chi connectivity index (χ2n) is 8.01. The zero-order valence-electron chi connectivity index (χ0n) is 20.1. The van der Waals surface area contributed by atoms with Crippen molar-refractivity contribution < 1.29 is 16.8 Å². The molecule has 4 aromatic rings. The van der Waals surface area contributed by atoms with Gasteiger partial charge in [-0.1, -0.05) is 82.9 Å². The molecule has 0 aliphatic carbocycles. The molecule has 184 valence electrons. The van der Waals surface area contributed by atoms with Gasteiger partial charge in [-0.3, -0.25) is 0 Å². The fraction of sp³-hybridized carbons (Fsp3) is 0.143. The van der Waals surface area contributed by atoms with Crippen LogP contribution in [0.2, 0.25) is 5.02 Å². The fourth-order valence-corrected chi connectivity index (χ4v) is 4.81. The number of halogens is 1. The van der Waals surface area contributed by atoms with E-state index in [-0.39, 0.29) is 0 Å². The zero-order valence-corrected chi connectivity index (χ0v) is 22.5. The number of aryl methyl sites for hydroxylation is 3. The van der Waals surface area contributed by atoms with Crippen LogP contribution in [0.4, 0.5) is 0 Å². The van der Waals surface area contributed by atoms with E-state index >= 15 is 0 Å². The Morgan fingerprint density at radius 1 is 0.486 bits per heavy atom. The first kappa shape index (κ1) is 28.3. The van der Waals surface area contributed by atoms with Crippen molar-refractivity contribution in [1.82, 2.24) is 0 Å². The Bertz CT molecular complexity index is 1390. The Labute approximate surface area is 214 Å². The highest BCUT2D eigenvalue weighted by Crippen LogP contribution is 2.20. The standard InChI is InChI=1S/C13H12O2S.C8H10O2S.C7H7Cl/c1-11-7-9-13(10-8-11)16(14,15)12-5-3-2-4-6-12;1-7-3-5-8(6-4-7)11(2,9)10;1-6-2-4-7(8)5-3-6/h2-10H,1H3;3-6H,1-2H3;2-5H,1H3. The number of rotatable bonds is 3. The Kier molecular flexibility index (Phi) is 10.3. The summed E-state index contributed by atoms with van der Waals surface area (Å²) in [5, 5.41) is 0.801. The second-order valence-corrected chi connectivity index (χ2v) is 12.4. The normalized spacial score (nSPS) is 10.9. The smallest absolute Gasteiger partial charge is 0.206 e. The molecule has 7 heteroatoms. The third kappa shape index (κ3) is 9.32. The van der Waals surface area contributed by atoms with Crippen LogP contribution in [0.5, 0.6) is 0 Å². The van der Waals surface area contributed by atoms with Crippen molar-refractivity contribution in [2.24, 2.45) is 0 Å². The number of sulfone groups is 2. The predicted molar refractivity (Wildman–Crippen MR) is 144 cm³/mol. The van der Waals surface area contributed by atoms with Gasteiger partial charge in [-0.2, -0.15) is 0 Å². The molecule has 0 spiro atoms. The largest absolute Gasteiger partial charge is 0.224 e. The molecule has 0 radical (unpaired) electrons. The molecule has 0 amide bonds. The molecule has 35 heavy (non-hydrogen) atoms. The maximum atomic E-state index is 12.1. The van der Waals surface area contributed by atoms with E-state index in [1.807, 2.05) is 45.0 Å². The number of hydrogen-bond donors (Lipinski definition) is 0. The SMILES string of the molecule is Cc1ccc(Cl)cc1.Cc1ccc(S(=O)(=O)c2ccccc2)cc1.Cc1ccc(S(C)(=O)=O)cc1. The van der Waals surface area contributed by atoms with Crippen LogP contribution in [-0.2, 0) is 19.7 Å². The molecule has 0 bridgehead atoms. The summed E-state index contributed by atoms with van der Waals surface area (Å²) in [6, 6.07) is 29.9. The lowest BCUT2D eigenvalue weighted by Crippen LogP contribution is -2.01. The first-order chi connectivity index (χ1) is 16.4. The lowest BCUT2D eigenvalue weighted by molar-refractivity contribution is 0.595. The summed E-state index contributed by atoms with van der Waals surface area (Å²) in [5.74, 6) is 0. The van der Waals surface area contributed by atoms with E-state index in [0.29, 0.717) is 14.7 Å². The van der Waals surface area contributed by atoms with Gasteiger partial charge in [0.15, 0.2) is 9.84 Å². The van der Waals surface area contributed by atoms with E-state index < -0.39 is 19.7 Å². The van der Waals surface area contributed by atoms with Crippen molar-refractivity contribution in [3.05, 3.63) is 125 Å². The first-order valence-electron chi connectivity index (χ1n) is 10.8. The molecule has 0 saturated carbocycles. The molecule has 0 unspecified atom stereocenters. The topological polar surface area (TPSA) is 68.3 Å². The molecule has 0 heterocycles. The lowest BCUT2D eigenvalue weighted by atomic mass is 10.2. The minimum absolute atomic E-state index is 0.332. The van der Waals surface area contributed by atoms with Gasteiger partial charge in [-0.25, -0.2) is 16.8 Å². The van der Waals surface area contributed by atoms with E-state index in [4.69, 9.17) is 11.6 Å². The summed E-state index contributed by atoms with van der Waals surface area (Å²) < 4.78 is 46.2. The Morgan fingerprint density at radius 3 is 1.20 bits per heavy atom. The van der Waals surface area contributed by atoms with Crippen LogP contribution in [0.15, 0.2) is 118 Å². The van der Waals surface area contributed by atoms with Crippen molar-refractivity contribution in [3.63, 3.8) is 0 Å². The molecular formula is C28H29ClO4S2. The van der Waals surface area contributed by atoms with Gasteiger partial charge in [-0.05, 0) is 69.3 Å². The van der Waals surface area contributed by atoms with E-state index in [1.54, 1.807) is 78.9 Å². The van der Waals surface area contributed by atoms with Gasteiger partial charge < -0.3 is 0 Å². The highest BCUT2D eigenvalue weighted by atomic mass is 35.5. The summed E-state index contributed by atoms with van der Waals surface area (Å²) in [7, 11) is -6.38. The highest BCUT2D eigenvalue weighted by Gasteiger charge is 2.16. The van der Waals surface area contributed by atoms with E-state index in [0.717, 1.165) is 16.1 Å². The summed E-state index contributed by atoms with van der Waals surface area (Å²) in [5.41, 5.74) is 3.36. The zero-order chi connectivity index (χ0) is 26.1. The van der Waals surface area contributed by atoms with Crippen LogP contribution in [0.25, 0.3) is 0 Å². The molecule has 0 N–H and O–H groups in total. The van der Waals surface area contributed by atoms with Crippen molar-refractivity contribution in [1.29, 1.82) is 0 Å². The number of hydrogen-bond acceptors (Lipinski definition) is 4. The maximum absolute atomic E-state index is 12.1. The summed E-state index contributed by atoms with van der Waals surface area (Å²) in [6.45, 7) is 5.89. The van der Waals surface area contributed by atoms with Gasteiger partial charge in [0.25, 0.3) is 0 Å². The average Bonchev–Trinajstić information content (AvgIpc) is 2.82. The Morgan fingerprint density at radius 2 is 0.829 bits per heavy atom. The van der Waals surface area contributed by atoms with Crippen LogP contribution in [0, 0.1) is 20.8 Å². The van der Waals surface area contributed by atoms with Crippen LogP contribution < -0.4 is 0 Å². The maximum Gasteiger partial charge on any atom is 0.206 e. The molecular weight excluding hydrogens is 500 g/mol. The Balaban J connectivity index is 0.000000198.